The van der Waals surface area contributed by atoms with E-state index in [4.69, 9.17) is 0 Å². The van der Waals surface area contributed by atoms with Gasteiger partial charge in [-0.2, -0.15) is 5.26 Å². The Morgan fingerprint density at radius 1 is 1.26 bits per heavy atom. The molecule has 4 rings (SSSR count). The molecule has 0 amide bonds. The molecule has 3 aliphatic rings. The summed E-state index contributed by atoms with van der Waals surface area (Å²) in [5, 5.41) is 13.1. The normalized spacial score (nSPS) is 37.8. The predicted octanol–water partition coefficient (Wildman–Crippen LogP) is 3.74. The van der Waals surface area contributed by atoms with Gasteiger partial charge in [0.05, 0.1) is 11.3 Å². The average Bonchev–Trinajstić information content (AvgIpc) is 2.85. The van der Waals surface area contributed by atoms with Gasteiger partial charge >= 0.3 is 0 Å². The number of hydrogen-bond acceptors (Lipinski definition) is 3. The lowest BCUT2D eigenvalue weighted by atomic mass is 10.0. The second-order valence-electron chi connectivity index (χ2n) is 6.15. The number of nitriles is 1. The number of anilines is 1. The van der Waals surface area contributed by atoms with E-state index >= 15 is 0 Å². The van der Waals surface area contributed by atoms with E-state index in [0.717, 1.165) is 39.8 Å². The van der Waals surface area contributed by atoms with E-state index in [1.165, 1.54) is 19.3 Å². The topological polar surface area (TPSA) is 35.8 Å². The van der Waals surface area contributed by atoms with Crippen LogP contribution in [0.1, 0.15) is 24.8 Å². The monoisotopic (exact) mass is 270 g/mol. The summed E-state index contributed by atoms with van der Waals surface area (Å²) in [7, 11) is 0. The quantitative estimate of drug-likeness (QED) is 0.850. The highest BCUT2D eigenvalue weighted by atomic mass is 32.2. The van der Waals surface area contributed by atoms with Gasteiger partial charge in [-0.05, 0) is 61.3 Å². The van der Waals surface area contributed by atoms with Gasteiger partial charge in [-0.25, -0.2) is 0 Å². The zero-order valence-electron chi connectivity index (χ0n) is 11.1. The largest absolute Gasteiger partial charge is 0.381 e. The van der Waals surface area contributed by atoms with E-state index in [2.05, 4.69) is 23.5 Å². The summed E-state index contributed by atoms with van der Waals surface area (Å²) in [5.74, 6) is 3.76. The molecule has 1 aromatic carbocycles. The van der Waals surface area contributed by atoms with Crippen molar-refractivity contribution in [1.82, 2.24) is 0 Å². The van der Waals surface area contributed by atoms with E-state index < -0.39 is 0 Å². The summed E-state index contributed by atoms with van der Waals surface area (Å²) in [6.07, 6.45) is 6.40. The standard InChI is InChI=1S/C16H18N2S/c1-19-13-4-2-3-12(11(13)8-17)18-16-14-9-5-6-10(7-9)15(14)16/h2-4,9-10,14-16,18H,5-7H2,1H3. The van der Waals surface area contributed by atoms with Gasteiger partial charge in [0.25, 0.3) is 0 Å². The van der Waals surface area contributed by atoms with Crippen molar-refractivity contribution in [3.63, 3.8) is 0 Å². The van der Waals surface area contributed by atoms with Crippen LogP contribution in [0.3, 0.4) is 0 Å². The maximum Gasteiger partial charge on any atom is 0.102 e. The first-order valence-corrected chi connectivity index (χ1v) is 8.39. The van der Waals surface area contributed by atoms with Crippen LogP contribution in [0.5, 0.6) is 0 Å². The zero-order chi connectivity index (χ0) is 13.0. The molecule has 98 valence electrons. The van der Waals surface area contributed by atoms with Crippen LogP contribution < -0.4 is 5.32 Å². The second-order valence-corrected chi connectivity index (χ2v) is 7.00. The van der Waals surface area contributed by atoms with Crippen molar-refractivity contribution in [2.45, 2.75) is 30.2 Å². The Morgan fingerprint density at radius 3 is 2.63 bits per heavy atom. The lowest BCUT2D eigenvalue weighted by Crippen LogP contribution is -2.13. The van der Waals surface area contributed by atoms with Crippen LogP contribution in [0.2, 0.25) is 0 Å². The Morgan fingerprint density at radius 2 is 2.00 bits per heavy atom. The molecule has 1 N–H and O–H groups in total. The Kier molecular flexibility index (Phi) is 2.57. The lowest BCUT2D eigenvalue weighted by Gasteiger charge is -2.14. The highest BCUT2D eigenvalue weighted by molar-refractivity contribution is 7.98. The number of fused-ring (bicyclic) bond motifs is 5. The fourth-order valence-corrected chi connectivity index (χ4v) is 5.21. The third-order valence-corrected chi connectivity index (χ3v) is 6.20. The number of thioether (sulfide) groups is 1. The van der Waals surface area contributed by atoms with Crippen LogP contribution in [0.25, 0.3) is 0 Å². The third kappa shape index (κ3) is 1.63. The van der Waals surface area contributed by atoms with Crippen LogP contribution in [-0.2, 0) is 0 Å². The molecule has 2 nitrogen and oxygen atoms in total. The van der Waals surface area contributed by atoms with Gasteiger partial charge in [-0.3, -0.25) is 0 Å². The molecule has 3 heteroatoms. The molecule has 0 radical (unpaired) electrons. The lowest BCUT2D eigenvalue weighted by molar-refractivity contribution is 0.456. The molecule has 3 aliphatic carbocycles. The van der Waals surface area contributed by atoms with E-state index in [0.29, 0.717) is 6.04 Å². The van der Waals surface area contributed by atoms with Crippen molar-refractivity contribution in [1.29, 1.82) is 5.26 Å². The minimum Gasteiger partial charge on any atom is -0.381 e. The molecule has 0 saturated heterocycles. The van der Waals surface area contributed by atoms with Crippen LogP contribution in [0, 0.1) is 35.0 Å². The fourth-order valence-electron chi connectivity index (χ4n) is 4.63. The summed E-state index contributed by atoms with van der Waals surface area (Å²) in [4.78, 5) is 1.08. The molecule has 0 spiro atoms. The number of hydrogen-bond donors (Lipinski definition) is 1. The molecule has 19 heavy (non-hydrogen) atoms. The summed E-state index contributed by atoms with van der Waals surface area (Å²) < 4.78 is 0. The van der Waals surface area contributed by atoms with E-state index in [1.807, 2.05) is 12.3 Å². The molecule has 0 aromatic heterocycles. The van der Waals surface area contributed by atoms with Crippen molar-refractivity contribution >= 4 is 17.4 Å². The van der Waals surface area contributed by atoms with Gasteiger partial charge in [-0.1, -0.05) is 6.07 Å². The average molecular weight is 270 g/mol. The summed E-state index contributed by atoms with van der Waals surface area (Å²) in [5.41, 5.74) is 1.88. The van der Waals surface area contributed by atoms with Crippen LogP contribution >= 0.6 is 11.8 Å². The molecular formula is C16H18N2S. The maximum atomic E-state index is 9.38. The molecule has 3 saturated carbocycles. The van der Waals surface area contributed by atoms with Crippen molar-refractivity contribution in [3.8, 4) is 6.07 Å². The highest BCUT2D eigenvalue weighted by Gasteiger charge is 2.65. The molecule has 1 aromatic rings. The van der Waals surface area contributed by atoms with Gasteiger partial charge < -0.3 is 5.32 Å². The summed E-state index contributed by atoms with van der Waals surface area (Å²) in [6, 6.07) is 9.17. The van der Waals surface area contributed by atoms with Gasteiger partial charge in [0, 0.05) is 10.9 Å². The number of nitrogens with zero attached hydrogens (tertiary/aromatic N) is 1. The first-order chi connectivity index (χ1) is 9.33. The summed E-state index contributed by atoms with van der Waals surface area (Å²) in [6.45, 7) is 0. The number of nitrogens with one attached hydrogen (secondary N) is 1. The first-order valence-electron chi connectivity index (χ1n) is 7.17. The van der Waals surface area contributed by atoms with Crippen molar-refractivity contribution in [3.05, 3.63) is 23.8 Å². The van der Waals surface area contributed by atoms with Gasteiger partial charge in [-0.15, -0.1) is 11.8 Å². The molecule has 3 fully saturated rings. The molecular weight excluding hydrogens is 252 g/mol. The molecule has 4 unspecified atom stereocenters. The Labute approximate surface area is 118 Å². The Balaban J connectivity index is 1.57. The van der Waals surface area contributed by atoms with Crippen molar-refractivity contribution in [2.75, 3.05) is 11.6 Å². The van der Waals surface area contributed by atoms with Crippen molar-refractivity contribution in [2.24, 2.45) is 23.7 Å². The Hall–Kier alpha value is -1.14. The number of benzene rings is 1. The molecule has 2 bridgehead atoms. The summed E-state index contributed by atoms with van der Waals surface area (Å²) >= 11 is 1.65. The minimum absolute atomic E-state index is 0.649. The second kappa shape index (κ2) is 4.18. The molecule has 4 atom stereocenters. The van der Waals surface area contributed by atoms with Crippen LogP contribution in [0.15, 0.2) is 23.1 Å². The van der Waals surface area contributed by atoms with Gasteiger partial charge in [0.15, 0.2) is 0 Å². The first kappa shape index (κ1) is 11.7. The highest BCUT2D eigenvalue weighted by Crippen LogP contribution is 2.66. The maximum absolute atomic E-state index is 9.38. The fraction of sp³-hybridized carbons (Fsp3) is 0.562. The SMILES string of the molecule is CSc1cccc(NC2C3C4CCC(C4)C23)c1C#N. The molecule has 0 heterocycles. The van der Waals surface area contributed by atoms with Gasteiger partial charge in [0.1, 0.15) is 6.07 Å². The van der Waals surface area contributed by atoms with Gasteiger partial charge in [0.2, 0.25) is 0 Å². The predicted molar refractivity (Wildman–Crippen MR) is 78.2 cm³/mol. The molecule has 0 aliphatic heterocycles. The van der Waals surface area contributed by atoms with E-state index in [9.17, 15) is 5.26 Å². The minimum atomic E-state index is 0.649. The van der Waals surface area contributed by atoms with Crippen LogP contribution in [-0.4, -0.2) is 12.3 Å². The zero-order valence-corrected chi connectivity index (χ0v) is 11.9. The van der Waals surface area contributed by atoms with Crippen molar-refractivity contribution < 1.29 is 0 Å². The number of rotatable bonds is 3. The van der Waals surface area contributed by atoms with Crippen LogP contribution in [0.4, 0.5) is 5.69 Å². The Bertz CT molecular complexity index is 546. The van der Waals surface area contributed by atoms with E-state index in [-0.39, 0.29) is 0 Å². The third-order valence-electron chi connectivity index (χ3n) is 5.42. The van der Waals surface area contributed by atoms with E-state index in [1.54, 1.807) is 11.8 Å². The smallest absolute Gasteiger partial charge is 0.102 e.